The normalized spacial score (nSPS) is 10.6. The van der Waals surface area contributed by atoms with Gasteiger partial charge in [0.15, 0.2) is 11.5 Å². The fraction of sp³-hybridized carbons (Fsp3) is 0.158. The number of allylic oxidation sites excluding steroid dienone is 1. The summed E-state index contributed by atoms with van der Waals surface area (Å²) in [5, 5.41) is 0.241. The summed E-state index contributed by atoms with van der Waals surface area (Å²) in [4.78, 5) is 24.0. The molecule has 128 valence electrons. The summed E-state index contributed by atoms with van der Waals surface area (Å²) in [6.45, 7) is 4.16. The van der Waals surface area contributed by atoms with Crippen molar-refractivity contribution in [2.45, 2.75) is 13.2 Å². The third kappa shape index (κ3) is 3.33. The first-order valence-electron chi connectivity index (χ1n) is 7.67. The maximum absolute atomic E-state index is 12.0. The number of hydrogen-bond acceptors (Lipinski definition) is 5. The Morgan fingerprint density at radius 2 is 1.92 bits per heavy atom. The van der Waals surface area contributed by atoms with Gasteiger partial charge in [-0.3, -0.25) is 4.57 Å². The minimum Gasteiger partial charge on any atom is -0.493 e. The molecular formula is C19H17NO5. The van der Waals surface area contributed by atoms with E-state index in [9.17, 15) is 9.59 Å². The standard InChI is InChI=1S/C19H17NO5/c1-3-9-20-15-11-17(24-12-13-7-5-4-6-8-13)16(23-2)10-14(15)18(21)25-19(20)22/h3-8,10-11H,1,9,12H2,2H3. The molecular weight excluding hydrogens is 322 g/mol. The molecule has 0 aliphatic heterocycles. The van der Waals surface area contributed by atoms with Gasteiger partial charge < -0.3 is 13.9 Å². The van der Waals surface area contributed by atoms with Crippen molar-refractivity contribution in [1.29, 1.82) is 0 Å². The first-order valence-corrected chi connectivity index (χ1v) is 7.67. The van der Waals surface area contributed by atoms with E-state index in [-0.39, 0.29) is 11.9 Å². The van der Waals surface area contributed by atoms with E-state index in [4.69, 9.17) is 13.9 Å². The predicted octanol–water partition coefficient (Wildman–Crippen LogP) is 2.73. The number of aromatic nitrogens is 1. The molecule has 6 heteroatoms. The molecule has 6 nitrogen and oxygen atoms in total. The monoisotopic (exact) mass is 339 g/mol. The summed E-state index contributed by atoms with van der Waals surface area (Å²) in [6.07, 6.45) is 1.55. The maximum Gasteiger partial charge on any atom is 0.422 e. The zero-order valence-corrected chi connectivity index (χ0v) is 13.7. The van der Waals surface area contributed by atoms with Crippen molar-refractivity contribution in [3.05, 3.63) is 81.7 Å². The Bertz CT molecular complexity index is 1020. The van der Waals surface area contributed by atoms with Crippen molar-refractivity contribution in [3.63, 3.8) is 0 Å². The van der Waals surface area contributed by atoms with Gasteiger partial charge in [-0.2, -0.15) is 0 Å². The van der Waals surface area contributed by atoms with Crippen molar-refractivity contribution >= 4 is 10.9 Å². The Labute approximate surface area is 143 Å². The molecule has 0 radical (unpaired) electrons. The molecule has 0 N–H and O–H groups in total. The molecule has 0 saturated carbocycles. The van der Waals surface area contributed by atoms with Crippen LogP contribution in [0.4, 0.5) is 0 Å². The van der Waals surface area contributed by atoms with E-state index in [1.807, 2.05) is 30.3 Å². The van der Waals surface area contributed by atoms with Gasteiger partial charge in [-0.1, -0.05) is 36.4 Å². The zero-order chi connectivity index (χ0) is 17.8. The van der Waals surface area contributed by atoms with Crippen molar-refractivity contribution in [2.24, 2.45) is 0 Å². The topological polar surface area (TPSA) is 70.7 Å². The summed E-state index contributed by atoms with van der Waals surface area (Å²) < 4.78 is 17.2. The van der Waals surface area contributed by atoms with Gasteiger partial charge in [0.25, 0.3) is 0 Å². The van der Waals surface area contributed by atoms with Crippen LogP contribution in [0.25, 0.3) is 10.9 Å². The number of benzene rings is 2. The lowest BCUT2D eigenvalue weighted by Gasteiger charge is -2.13. The highest BCUT2D eigenvalue weighted by atomic mass is 16.5. The number of methoxy groups -OCH3 is 1. The first-order chi connectivity index (χ1) is 12.1. The van der Waals surface area contributed by atoms with Crippen molar-refractivity contribution in [1.82, 2.24) is 4.57 Å². The lowest BCUT2D eigenvalue weighted by Crippen LogP contribution is -2.24. The molecule has 2 aromatic carbocycles. The van der Waals surface area contributed by atoms with Crippen molar-refractivity contribution < 1.29 is 13.9 Å². The van der Waals surface area contributed by atoms with E-state index in [1.165, 1.54) is 17.7 Å². The third-order valence-electron chi connectivity index (χ3n) is 3.74. The van der Waals surface area contributed by atoms with Gasteiger partial charge in [-0.25, -0.2) is 9.59 Å². The highest BCUT2D eigenvalue weighted by Crippen LogP contribution is 2.31. The minimum atomic E-state index is -0.739. The maximum atomic E-state index is 12.0. The van der Waals surface area contributed by atoms with Crippen LogP contribution in [0.5, 0.6) is 11.5 Å². The van der Waals surface area contributed by atoms with E-state index in [1.54, 1.807) is 12.1 Å². The first kappa shape index (κ1) is 16.6. The molecule has 0 unspecified atom stereocenters. The molecule has 1 aromatic heterocycles. The lowest BCUT2D eigenvalue weighted by molar-refractivity contribution is 0.284. The fourth-order valence-corrected chi connectivity index (χ4v) is 2.53. The molecule has 0 fully saturated rings. The molecule has 3 aromatic rings. The number of rotatable bonds is 6. The summed E-state index contributed by atoms with van der Waals surface area (Å²) in [6, 6.07) is 12.8. The highest BCUT2D eigenvalue weighted by Gasteiger charge is 2.14. The van der Waals surface area contributed by atoms with Crippen LogP contribution in [0.2, 0.25) is 0 Å². The number of nitrogens with zero attached hydrogens (tertiary/aromatic N) is 1. The summed E-state index contributed by atoms with van der Waals surface area (Å²) in [5.41, 5.74) is 0.680. The van der Waals surface area contributed by atoms with E-state index in [2.05, 4.69) is 6.58 Å². The second kappa shape index (κ2) is 7.09. The summed E-state index contributed by atoms with van der Waals surface area (Å²) in [7, 11) is 1.48. The molecule has 3 rings (SSSR count). The third-order valence-corrected chi connectivity index (χ3v) is 3.74. The van der Waals surface area contributed by atoms with Gasteiger partial charge in [0.2, 0.25) is 0 Å². The Morgan fingerprint density at radius 3 is 2.60 bits per heavy atom. The van der Waals surface area contributed by atoms with Gasteiger partial charge in [0.1, 0.15) is 6.61 Å². The summed E-state index contributed by atoms with van der Waals surface area (Å²) >= 11 is 0. The molecule has 25 heavy (non-hydrogen) atoms. The SMILES string of the molecule is C=CCn1c(=O)oc(=O)c2cc(OC)c(OCc3ccccc3)cc21. The van der Waals surface area contributed by atoms with Gasteiger partial charge in [0.05, 0.1) is 18.0 Å². The molecule has 0 bridgehead atoms. The van der Waals surface area contributed by atoms with Crippen LogP contribution < -0.4 is 20.9 Å². The number of fused-ring (bicyclic) bond motifs is 1. The van der Waals surface area contributed by atoms with Gasteiger partial charge >= 0.3 is 11.4 Å². The molecule has 0 atom stereocenters. The Hall–Kier alpha value is -3.28. The molecule has 0 spiro atoms. The average Bonchev–Trinajstić information content (AvgIpc) is 2.63. The molecule has 1 heterocycles. The van der Waals surface area contributed by atoms with Crippen molar-refractivity contribution in [2.75, 3.05) is 7.11 Å². The smallest absolute Gasteiger partial charge is 0.422 e. The zero-order valence-electron chi connectivity index (χ0n) is 13.7. The Kier molecular flexibility index (Phi) is 4.70. The second-order valence-electron chi connectivity index (χ2n) is 5.35. The van der Waals surface area contributed by atoms with Gasteiger partial charge in [0, 0.05) is 18.7 Å². The van der Waals surface area contributed by atoms with Gasteiger partial charge in [-0.05, 0) is 5.56 Å². The number of ether oxygens (including phenoxy) is 2. The van der Waals surface area contributed by atoms with Crippen LogP contribution in [-0.4, -0.2) is 11.7 Å². The van der Waals surface area contributed by atoms with Crippen LogP contribution in [0.3, 0.4) is 0 Å². The largest absolute Gasteiger partial charge is 0.493 e. The second-order valence-corrected chi connectivity index (χ2v) is 5.35. The van der Waals surface area contributed by atoms with E-state index < -0.39 is 11.4 Å². The highest BCUT2D eigenvalue weighted by molar-refractivity contribution is 5.82. The van der Waals surface area contributed by atoms with E-state index in [0.29, 0.717) is 23.6 Å². The lowest BCUT2D eigenvalue weighted by atomic mass is 10.2. The van der Waals surface area contributed by atoms with Crippen LogP contribution in [0, 0.1) is 0 Å². The minimum absolute atomic E-state index is 0.212. The molecule has 0 aliphatic carbocycles. The average molecular weight is 339 g/mol. The van der Waals surface area contributed by atoms with Crippen LogP contribution in [0.1, 0.15) is 5.56 Å². The fourth-order valence-electron chi connectivity index (χ4n) is 2.53. The Balaban J connectivity index is 2.11. The molecule has 0 amide bonds. The quantitative estimate of drug-likeness (QED) is 0.646. The van der Waals surface area contributed by atoms with Crippen molar-refractivity contribution in [3.8, 4) is 11.5 Å². The molecule has 0 aliphatic rings. The van der Waals surface area contributed by atoms with Crippen LogP contribution in [0.15, 0.2) is 69.1 Å². The van der Waals surface area contributed by atoms with Gasteiger partial charge in [-0.15, -0.1) is 6.58 Å². The number of hydrogen-bond donors (Lipinski definition) is 0. The molecule has 0 saturated heterocycles. The van der Waals surface area contributed by atoms with E-state index in [0.717, 1.165) is 5.56 Å². The van der Waals surface area contributed by atoms with E-state index >= 15 is 0 Å². The van der Waals surface area contributed by atoms with Crippen LogP contribution >= 0.6 is 0 Å². The summed E-state index contributed by atoms with van der Waals surface area (Å²) in [5.74, 6) is 0.0813. The Morgan fingerprint density at radius 1 is 1.16 bits per heavy atom. The van der Waals surface area contributed by atoms with Crippen LogP contribution in [-0.2, 0) is 13.2 Å². The predicted molar refractivity (Wildman–Crippen MR) is 94.3 cm³/mol.